The van der Waals surface area contributed by atoms with Gasteiger partial charge in [0.15, 0.2) is 0 Å². The first-order valence-corrected chi connectivity index (χ1v) is 6.04. The molecule has 0 atom stereocenters. The maximum atomic E-state index is 13.5. The lowest BCUT2D eigenvalue weighted by atomic mass is 10.1. The van der Waals surface area contributed by atoms with Crippen molar-refractivity contribution in [1.82, 2.24) is 4.98 Å². The van der Waals surface area contributed by atoms with E-state index < -0.39 is 11.6 Å². The van der Waals surface area contributed by atoms with Crippen LogP contribution in [0.15, 0.2) is 54.9 Å². The lowest BCUT2D eigenvalue weighted by Crippen LogP contribution is -1.89. The molecular weight excluding hydrogens is 256 g/mol. The highest BCUT2D eigenvalue weighted by molar-refractivity contribution is 5.87. The highest BCUT2D eigenvalue weighted by Gasteiger charge is 2.04. The molecule has 0 unspecified atom stereocenters. The Bertz CT molecular complexity index is 819. The number of rotatable bonds is 0. The maximum Gasteiger partial charge on any atom is 0.141 e. The van der Waals surface area contributed by atoms with Gasteiger partial charge in [-0.2, -0.15) is 0 Å². The zero-order valence-corrected chi connectivity index (χ0v) is 10.4. The number of pyridine rings is 1. The van der Waals surface area contributed by atoms with Crippen LogP contribution in [-0.4, -0.2) is 4.98 Å². The van der Waals surface area contributed by atoms with Gasteiger partial charge in [-0.25, -0.2) is 8.78 Å². The van der Waals surface area contributed by atoms with Crippen LogP contribution in [0.5, 0.6) is 0 Å². The van der Waals surface area contributed by atoms with Crippen LogP contribution in [0.2, 0.25) is 0 Å². The quantitative estimate of drug-likeness (QED) is 0.561. The third kappa shape index (κ3) is 2.24. The van der Waals surface area contributed by atoms with Crippen LogP contribution in [-0.2, 0) is 0 Å². The summed E-state index contributed by atoms with van der Waals surface area (Å²) in [5.41, 5.74) is 0.506. The van der Waals surface area contributed by atoms with E-state index in [1.807, 2.05) is 24.3 Å². The van der Waals surface area contributed by atoms with Gasteiger partial charge in [0.2, 0.25) is 0 Å². The van der Waals surface area contributed by atoms with E-state index in [1.54, 1.807) is 12.4 Å². The monoisotopic (exact) mass is 265 g/mol. The molecule has 1 aromatic heterocycles. The van der Waals surface area contributed by atoms with E-state index in [2.05, 4.69) is 16.8 Å². The van der Waals surface area contributed by atoms with E-state index in [0.717, 1.165) is 10.8 Å². The van der Waals surface area contributed by atoms with Crippen molar-refractivity contribution >= 4 is 10.8 Å². The van der Waals surface area contributed by atoms with Gasteiger partial charge in [-0.15, -0.1) is 0 Å². The molecule has 0 spiro atoms. The normalized spacial score (nSPS) is 10.1. The van der Waals surface area contributed by atoms with Gasteiger partial charge in [-0.05, 0) is 24.3 Å². The molecule has 0 saturated carbocycles. The van der Waals surface area contributed by atoms with Crippen molar-refractivity contribution in [3.05, 3.63) is 77.6 Å². The third-order valence-corrected chi connectivity index (χ3v) is 2.97. The third-order valence-electron chi connectivity index (χ3n) is 2.97. The minimum atomic E-state index is -0.653. The predicted molar refractivity (Wildman–Crippen MR) is 74.1 cm³/mol. The molecule has 0 saturated heterocycles. The van der Waals surface area contributed by atoms with E-state index in [1.165, 1.54) is 18.2 Å². The molecular formula is C17H9F2N. The highest BCUT2D eigenvalue weighted by Crippen LogP contribution is 2.17. The van der Waals surface area contributed by atoms with Crippen molar-refractivity contribution in [3.63, 3.8) is 0 Å². The first-order valence-electron chi connectivity index (χ1n) is 6.04. The van der Waals surface area contributed by atoms with Crippen LogP contribution < -0.4 is 0 Å². The first-order chi connectivity index (χ1) is 9.75. The average Bonchev–Trinajstić information content (AvgIpc) is 2.47. The van der Waals surface area contributed by atoms with Crippen LogP contribution in [0.25, 0.3) is 10.8 Å². The number of benzene rings is 2. The summed E-state index contributed by atoms with van der Waals surface area (Å²) in [4.78, 5) is 4.03. The second-order valence-corrected chi connectivity index (χ2v) is 4.25. The zero-order chi connectivity index (χ0) is 13.9. The summed E-state index contributed by atoms with van der Waals surface area (Å²) in [5.74, 6) is 4.09. The number of nitrogens with zero attached hydrogens (tertiary/aromatic N) is 1. The van der Waals surface area contributed by atoms with Crippen LogP contribution >= 0.6 is 0 Å². The second-order valence-electron chi connectivity index (χ2n) is 4.25. The summed E-state index contributed by atoms with van der Waals surface area (Å²) in [6, 6.07) is 11.1. The van der Waals surface area contributed by atoms with Crippen LogP contribution in [0.3, 0.4) is 0 Å². The number of halogens is 2. The number of fused-ring (bicyclic) bond motifs is 1. The zero-order valence-electron chi connectivity index (χ0n) is 10.4. The predicted octanol–water partition coefficient (Wildman–Crippen LogP) is 3.91. The van der Waals surface area contributed by atoms with E-state index in [-0.39, 0.29) is 5.56 Å². The lowest BCUT2D eigenvalue weighted by Gasteiger charge is -1.99. The van der Waals surface area contributed by atoms with Crippen molar-refractivity contribution < 1.29 is 8.78 Å². The Hall–Kier alpha value is -2.73. The molecule has 1 nitrogen and oxygen atoms in total. The van der Waals surface area contributed by atoms with Gasteiger partial charge in [0.25, 0.3) is 0 Å². The van der Waals surface area contributed by atoms with Gasteiger partial charge in [0.05, 0.1) is 5.56 Å². The van der Waals surface area contributed by atoms with Crippen LogP contribution in [0.1, 0.15) is 11.1 Å². The van der Waals surface area contributed by atoms with Gasteiger partial charge < -0.3 is 0 Å². The Morgan fingerprint density at radius 1 is 0.850 bits per heavy atom. The van der Waals surface area contributed by atoms with Crippen molar-refractivity contribution in [3.8, 4) is 11.8 Å². The van der Waals surface area contributed by atoms with Gasteiger partial charge in [-0.1, -0.05) is 30.0 Å². The highest BCUT2D eigenvalue weighted by atomic mass is 19.1. The van der Waals surface area contributed by atoms with Gasteiger partial charge in [0, 0.05) is 28.7 Å². The minimum Gasteiger partial charge on any atom is -0.264 e. The van der Waals surface area contributed by atoms with Crippen LogP contribution in [0.4, 0.5) is 8.78 Å². The molecule has 0 radical (unpaired) electrons. The molecule has 3 rings (SSSR count). The minimum absolute atomic E-state index is 0.210. The SMILES string of the molecule is Fc1cccc(F)c1C#Cc1cccc2cnccc12. The Balaban J connectivity index is 2.14. The molecule has 2 aromatic carbocycles. The molecule has 0 aliphatic heterocycles. The van der Waals surface area contributed by atoms with Crippen molar-refractivity contribution in [2.24, 2.45) is 0 Å². The Morgan fingerprint density at radius 2 is 1.60 bits per heavy atom. The fraction of sp³-hybridized carbons (Fsp3) is 0. The van der Waals surface area contributed by atoms with E-state index >= 15 is 0 Å². The number of hydrogen-bond donors (Lipinski definition) is 0. The summed E-state index contributed by atoms with van der Waals surface area (Å²) in [5, 5.41) is 1.85. The molecule has 0 fully saturated rings. The fourth-order valence-electron chi connectivity index (χ4n) is 1.98. The molecule has 20 heavy (non-hydrogen) atoms. The summed E-state index contributed by atoms with van der Waals surface area (Å²) >= 11 is 0. The van der Waals surface area contributed by atoms with Crippen LogP contribution in [0, 0.1) is 23.5 Å². The average molecular weight is 265 g/mol. The molecule has 0 N–H and O–H groups in total. The molecule has 96 valence electrons. The Morgan fingerprint density at radius 3 is 2.40 bits per heavy atom. The Labute approximate surface area is 114 Å². The fourth-order valence-corrected chi connectivity index (χ4v) is 1.98. The van der Waals surface area contributed by atoms with Crippen molar-refractivity contribution in [2.75, 3.05) is 0 Å². The second kappa shape index (κ2) is 5.10. The summed E-state index contributed by atoms with van der Waals surface area (Å²) < 4.78 is 27.0. The van der Waals surface area contributed by atoms with Gasteiger partial charge in [-0.3, -0.25) is 4.98 Å². The smallest absolute Gasteiger partial charge is 0.141 e. The van der Waals surface area contributed by atoms with Crippen molar-refractivity contribution in [1.29, 1.82) is 0 Å². The first kappa shape index (κ1) is 12.3. The Kier molecular flexibility index (Phi) is 3.14. The number of hydrogen-bond acceptors (Lipinski definition) is 1. The van der Waals surface area contributed by atoms with Gasteiger partial charge in [0.1, 0.15) is 11.6 Å². The largest absolute Gasteiger partial charge is 0.264 e. The summed E-state index contributed by atoms with van der Waals surface area (Å²) in [6.45, 7) is 0. The topological polar surface area (TPSA) is 12.9 Å². The lowest BCUT2D eigenvalue weighted by molar-refractivity contribution is 0.577. The van der Waals surface area contributed by atoms with E-state index in [9.17, 15) is 8.78 Å². The van der Waals surface area contributed by atoms with E-state index in [4.69, 9.17) is 0 Å². The summed E-state index contributed by atoms with van der Waals surface area (Å²) in [7, 11) is 0. The molecule has 1 heterocycles. The molecule has 0 amide bonds. The molecule has 3 aromatic rings. The molecule has 0 bridgehead atoms. The summed E-state index contributed by atoms with van der Waals surface area (Å²) in [6.07, 6.45) is 3.39. The molecule has 0 aliphatic rings. The van der Waals surface area contributed by atoms with Crippen molar-refractivity contribution in [2.45, 2.75) is 0 Å². The van der Waals surface area contributed by atoms with Gasteiger partial charge >= 0.3 is 0 Å². The molecule has 3 heteroatoms. The maximum absolute atomic E-state index is 13.5. The standard InChI is InChI=1S/C17H9F2N/c18-16-5-2-6-17(19)15(16)8-7-12-3-1-4-13-11-20-10-9-14(12)13/h1-6,9-11H. The van der Waals surface area contributed by atoms with E-state index in [0.29, 0.717) is 5.56 Å². The number of aromatic nitrogens is 1. The molecule has 0 aliphatic carbocycles.